The molecule has 2 aromatic carbocycles. The van der Waals surface area contributed by atoms with Gasteiger partial charge in [-0.05, 0) is 62.6 Å². The molecule has 2 fully saturated rings. The summed E-state index contributed by atoms with van der Waals surface area (Å²) < 4.78 is 40.3. The highest BCUT2D eigenvalue weighted by Gasteiger charge is 2.50. The van der Waals surface area contributed by atoms with E-state index in [9.17, 15) is 12.8 Å². The van der Waals surface area contributed by atoms with E-state index in [0.29, 0.717) is 6.42 Å². The van der Waals surface area contributed by atoms with Gasteiger partial charge >= 0.3 is 0 Å². The Morgan fingerprint density at radius 2 is 1.72 bits per heavy atom. The van der Waals surface area contributed by atoms with Crippen molar-refractivity contribution in [1.82, 2.24) is 5.32 Å². The Hall–Kier alpha value is -1.99. The van der Waals surface area contributed by atoms with Crippen LogP contribution in [-0.2, 0) is 15.4 Å². The smallest absolute Gasteiger partial charge is 0.165 e. The van der Waals surface area contributed by atoms with E-state index in [0.717, 1.165) is 31.3 Å². The van der Waals surface area contributed by atoms with Crippen molar-refractivity contribution >= 4 is 47.2 Å². The first-order chi connectivity index (χ1) is 13.5. The number of amidine groups is 1. The number of sulfone groups is 1. The molecule has 5 rings (SSSR count). The van der Waals surface area contributed by atoms with Crippen LogP contribution in [0.3, 0.4) is 0 Å². The van der Waals surface area contributed by atoms with E-state index in [1.165, 1.54) is 0 Å². The van der Waals surface area contributed by atoms with Gasteiger partial charge in [-0.15, -0.1) is 11.3 Å². The monoisotopic (exact) mass is 430 g/mol. The van der Waals surface area contributed by atoms with E-state index < -0.39 is 26.3 Å². The molecular formula is C22H23FN2O2S2. The second kappa shape index (κ2) is 5.79. The molecule has 29 heavy (non-hydrogen) atoms. The normalized spacial score (nSPS) is 30.4. The van der Waals surface area contributed by atoms with E-state index in [-0.39, 0.29) is 17.5 Å². The van der Waals surface area contributed by atoms with Crippen LogP contribution in [0.2, 0.25) is 0 Å². The molecule has 3 aromatic rings. The zero-order chi connectivity index (χ0) is 20.8. The Labute approximate surface area is 173 Å². The van der Waals surface area contributed by atoms with Crippen LogP contribution in [0.1, 0.15) is 44.2 Å². The topological polar surface area (TPSA) is 70.0 Å². The average Bonchev–Trinajstić information content (AvgIpc) is 3.26. The van der Waals surface area contributed by atoms with Gasteiger partial charge in [-0.3, -0.25) is 5.41 Å². The van der Waals surface area contributed by atoms with Gasteiger partial charge in [-0.2, -0.15) is 0 Å². The van der Waals surface area contributed by atoms with Crippen molar-refractivity contribution in [2.75, 3.05) is 5.75 Å². The van der Waals surface area contributed by atoms with Crippen LogP contribution in [-0.4, -0.2) is 30.9 Å². The molecule has 2 aliphatic rings. The fraction of sp³-hybridized carbons (Fsp3) is 0.409. The Morgan fingerprint density at radius 1 is 1.10 bits per heavy atom. The minimum Gasteiger partial charge on any atom is -0.362 e. The standard InChI is InChI=1S/C22H23FN2O2S2/c1-21(2)20(24)25-22(3,11-29(21,26)27)13-5-7-19-16(9-13)15-8-12(14-10-17(14)23)4-6-18(15)28-19/h4-9,14,17H,10-11H2,1-3H3,(H2,24,25)/t14?,17?,22-/m0/s1. The van der Waals surface area contributed by atoms with Gasteiger partial charge in [-0.1, -0.05) is 12.1 Å². The number of hydrogen-bond acceptors (Lipinski definition) is 4. The molecule has 2 heterocycles. The minimum atomic E-state index is -3.49. The van der Waals surface area contributed by atoms with Crippen molar-refractivity contribution < 1.29 is 12.8 Å². The highest BCUT2D eigenvalue weighted by Crippen LogP contribution is 2.46. The van der Waals surface area contributed by atoms with Gasteiger partial charge < -0.3 is 5.32 Å². The largest absolute Gasteiger partial charge is 0.362 e. The van der Waals surface area contributed by atoms with E-state index >= 15 is 0 Å². The van der Waals surface area contributed by atoms with Gasteiger partial charge in [-0.25, -0.2) is 12.8 Å². The molecule has 0 radical (unpaired) electrons. The van der Waals surface area contributed by atoms with E-state index in [1.54, 1.807) is 25.2 Å². The number of nitrogens with one attached hydrogen (secondary N) is 2. The molecule has 1 aromatic heterocycles. The summed E-state index contributed by atoms with van der Waals surface area (Å²) in [5, 5.41) is 13.6. The summed E-state index contributed by atoms with van der Waals surface area (Å²) in [6.07, 6.45) is -0.144. The summed E-state index contributed by atoms with van der Waals surface area (Å²) in [5.41, 5.74) is 1.00. The number of benzene rings is 2. The van der Waals surface area contributed by atoms with Crippen LogP contribution in [0.5, 0.6) is 0 Å². The molecule has 2 N–H and O–H groups in total. The van der Waals surface area contributed by atoms with Crippen LogP contribution in [0.4, 0.5) is 4.39 Å². The maximum Gasteiger partial charge on any atom is 0.165 e. The summed E-state index contributed by atoms with van der Waals surface area (Å²) in [6.45, 7) is 4.99. The minimum absolute atomic E-state index is 0.00269. The van der Waals surface area contributed by atoms with Gasteiger partial charge in [0.2, 0.25) is 0 Å². The first kappa shape index (κ1) is 19.0. The Balaban J connectivity index is 1.64. The quantitative estimate of drug-likeness (QED) is 0.609. The van der Waals surface area contributed by atoms with Crippen molar-refractivity contribution in [1.29, 1.82) is 5.41 Å². The third-order valence-corrected chi connectivity index (χ3v) is 10.4. The van der Waals surface area contributed by atoms with E-state index in [2.05, 4.69) is 17.4 Å². The number of halogens is 1. The number of alkyl halides is 1. The van der Waals surface area contributed by atoms with Crippen LogP contribution in [0.15, 0.2) is 36.4 Å². The molecular weight excluding hydrogens is 407 g/mol. The van der Waals surface area contributed by atoms with Crippen molar-refractivity contribution in [3.63, 3.8) is 0 Å². The summed E-state index contributed by atoms with van der Waals surface area (Å²) in [5.74, 6) is -0.0470. The molecule has 7 heteroatoms. The summed E-state index contributed by atoms with van der Waals surface area (Å²) in [4.78, 5) is 0. The number of fused-ring (bicyclic) bond motifs is 3. The number of hydrogen-bond donors (Lipinski definition) is 2. The second-order valence-electron chi connectivity index (χ2n) is 9.03. The maximum atomic E-state index is 13.5. The maximum absolute atomic E-state index is 13.5. The number of rotatable bonds is 2. The predicted molar refractivity (Wildman–Crippen MR) is 118 cm³/mol. The van der Waals surface area contributed by atoms with Crippen LogP contribution >= 0.6 is 11.3 Å². The highest BCUT2D eigenvalue weighted by molar-refractivity contribution is 7.93. The molecule has 0 amide bonds. The number of thiophene rings is 1. The summed E-state index contributed by atoms with van der Waals surface area (Å²) in [7, 11) is -3.49. The molecule has 1 aliphatic carbocycles. The zero-order valence-electron chi connectivity index (χ0n) is 16.5. The lowest BCUT2D eigenvalue weighted by Crippen LogP contribution is -2.63. The van der Waals surface area contributed by atoms with Crippen molar-refractivity contribution in [3.05, 3.63) is 47.5 Å². The highest BCUT2D eigenvalue weighted by atomic mass is 32.2. The molecule has 4 nitrogen and oxygen atoms in total. The van der Waals surface area contributed by atoms with Gasteiger partial charge in [0.05, 0.1) is 11.3 Å². The van der Waals surface area contributed by atoms with E-state index in [1.807, 2.05) is 31.2 Å². The Bertz CT molecular complexity index is 1290. The van der Waals surface area contributed by atoms with Gasteiger partial charge in [0.1, 0.15) is 16.8 Å². The molecule has 0 spiro atoms. The predicted octanol–water partition coefficient (Wildman–Crippen LogP) is 4.87. The fourth-order valence-electron chi connectivity index (χ4n) is 4.21. The van der Waals surface area contributed by atoms with Crippen molar-refractivity contribution in [3.8, 4) is 0 Å². The Kier molecular flexibility index (Phi) is 3.79. The summed E-state index contributed by atoms with van der Waals surface area (Å²) in [6, 6.07) is 12.2. The van der Waals surface area contributed by atoms with E-state index in [4.69, 9.17) is 5.41 Å². The van der Waals surface area contributed by atoms with Gasteiger partial charge in [0.15, 0.2) is 9.84 Å². The molecule has 152 valence electrons. The SMILES string of the molecule is CC1(C)C(=N)N[C@](C)(c2ccc3sc4ccc(C5CC5F)cc4c3c2)CS1(=O)=O. The Morgan fingerprint density at radius 3 is 2.34 bits per heavy atom. The van der Waals surface area contributed by atoms with Crippen LogP contribution < -0.4 is 5.32 Å². The second-order valence-corrected chi connectivity index (χ2v) is 12.7. The summed E-state index contributed by atoms with van der Waals surface area (Å²) >= 11 is 1.68. The van der Waals surface area contributed by atoms with Crippen molar-refractivity contribution in [2.45, 2.75) is 49.6 Å². The third-order valence-electron chi connectivity index (χ3n) is 6.53. The molecule has 2 unspecified atom stereocenters. The molecule has 1 aliphatic heterocycles. The van der Waals surface area contributed by atoms with Gasteiger partial charge in [0.25, 0.3) is 0 Å². The first-order valence-corrected chi connectivity index (χ1v) is 12.2. The van der Waals surface area contributed by atoms with Gasteiger partial charge in [0, 0.05) is 26.1 Å². The van der Waals surface area contributed by atoms with Crippen LogP contribution in [0.25, 0.3) is 20.2 Å². The molecule has 3 atom stereocenters. The average molecular weight is 431 g/mol. The first-order valence-electron chi connectivity index (χ1n) is 9.72. The molecule has 0 bridgehead atoms. The lowest BCUT2D eigenvalue weighted by Gasteiger charge is -2.43. The lowest BCUT2D eigenvalue weighted by atomic mass is 9.91. The fourth-order valence-corrected chi connectivity index (χ4v) is 7.00. The lowest BCUT2D eigenvalue weighted by molar-refractivity contribution is 0.443. The molecule has 1 saturated heterocycles. The third kappa shape index (κ3) is 2.74. The van der Waals surface area contributed by atoms with Crippen LogP contribution in [0, 0.1) is 5.41 Å². The van der Waals surface area contributed by atoms with Crippen molar-refractivity contribution in [2.24, 2.45) is 0 Å². The zero-order valence-corrected chi connectivity index (χ0v) is 18.2. The molecule has 1 saturated carbocycles.